The first-order valence-electron chi connectivity index (χ1n) is 18.9. The van der Waals surface area contributed by atoms with Gasteiger partial charge in [-0.3, -0.25) is 14.5 Å². The van der Waals surface area contributed by atoms with E-state index in [1.165, 1.54) is 6.92 Å². The molecule has 1 amide bonds. The minimum atomic E-state index is -1.13. The minimum Gasteiger partial charge on any atom is -0.497 e. The summed E-state index contributed by atoms with van der Waals surface area (Å²) in [6, 6.07) is 45.9. The number of hydrogen-bond donors (Lipinski definition) is 0. The predicted molar refractivity (Wildman–Crippen MR) is 210 cm³/mol. The number of carbonyl (C=O) groups excluding carboxylic acids is 2. The third-order valence-corrected chi connectivity index (χ3v) is 9.99. The van der Waals surface area contributed by atoms with Gasteiger partial charge in [-0.05, 0) is 46.5 Å². The Bertz CT molecular complexity index is 1960. The zero-order chi connectivity index (χ0) is 38.7. The van der Waals surface area contributed by atoms with E-state index >= 15 is 0 Å². The number of amides is 1. The van der Waals surface area contributed by atoms with Gasteiger partial charge in [0.25, 0.3) is 5.91 Å². The maximum atomic E-state index is 14.0. The van der Waals surface area contributed by atoms with Gasteiger partial charge in [-0.15, -0.1) is 0 Å². The summed E-state index contributed by atoms with van der Waals surface area (Å²) in [5.74, 6) is -0.318. The number of esters is 1. The van der Waals surface area contributed by atoms with Crippen LogP contribution < -0.4 is 9.64 Å². The highest BCUT2D eigenvalue weighted by atomic mass is 16.6. The summed E-state index contributed by atoms with van der Waals surface area (Å²) in [4.78, 5) is 28.1. The van der Waals surface area contributed by atoms with Gasteiger partial charge in [-0.25, -0.2) is 0 Å². The fourth-order valence-corrected chi connectivity index (χ4v) is 7.24. The van der Waals surface area contributed by atoms with E-state index in [0.29, 0.717) is 18.0 Å². The molecule has 0 N–H and O–H groups in total. The lowest BCUT2D eigenvalue weighted by atomic mass is 9.82. The smallest absolute Gasteiger partial charge is 0.303 e. The van der Waals surface area contributed by atoms with Crippen molar-refractivity contribution in [1.82, 2.24) is 0 Å². The van der Waals surface area contributed by atoms with Gasteiger partial charge >= 0.3 is 5.97 Å². The predicted octanol–water partition coefficient (Wildman–Crippen LogP) is 7.08. The van der Waals surface area contributed by atoms with Crippen molar-refractivity contribution in [3.8, 4) is 5.75 Å². The van der Waals surface area contributed by atoms with Crippen LogP contribution in [0.2, 0.25) is 0 Å². The molecule has 10 heteroatoms. The number of nitrogens with zero attached hydrogens (tertiary/aromatic N) is 1. The van der Waals surface area contributed by atoms with Crippen molar-refractivity contribution in [1.29, 1.82) is 0 Å². The van der Waals surface area contributed by atoms with E-state index < -0.39 is 48.6 Å². The lowest BCUT2D eigenvalue weighted by molar-refractivity contribution is -0.281. The molecule has 7 rings (SSSR count). The fraction of sp³-hybridized carbons (Fsp3) is 0.304. The molecule has 2 aliphatic rings. The summed E-state index contributed by atoms with van der Waals surface area (Å²) in [5, 5.41) is 0. The Kier molecular flexibility index (Phi) is 13.2. The van der Waals surface area contributed by atoms with E-state index in [1.54, 1.807) is 36.3 Å². The third-order valence-electron chi connectivity index (χ3n) is 9.99. The van der Waals surface area contributed by atoms with Gasteiger partial charge in [0.05, 0.1) is 40.1 Å². The van der Waals surface area contributed by atoms with Crippen LogP contribution in [0.1, 0.15) is 29.2 Å². The molecule has 5 aromatic carbocycles. The molecule has 0 bridgehead atoms. The van der Waals surface area contributed by atoms with Crippen LogP contribution in [-0.4, -0.2) is 68.3 Å². The lowest BCUT2D eigenvalue weighted by Crippen LogP contribution is -2.76. The molecule has 0 saturated carbocycles. The molecular formula is C46H47NO9. The van der Waals surface area contributed by atoms with E-state index in [2.05, 4.69) is 0 Å². The highest BCUT2D eigenvalue weighted by Crippen LogP contribution is 2.41. The number of rotatable bonds is 17. The van der Waals surface area contributed by atoms with E-state index in [-0.39, 0.29) is 32.3 Å². The molecule has 0 unspecified atom stereocenters. The molecular weight excluding hydrogens is 711 g/mol. The second-order valence-corrected chi connectivity index (χ2v) is 13.9. The van der Waals surface area contributed by atoms with Gasteiger partial charge in [0, 0.05) is 12.6 Å². The summed E-state index contributed by atoms with van der Waals surface area (Å²) < 4.78 is 45.2. The quantitative estimate of drug-likeness (QED) is 0.0728. The van der Waals surface area contributed by atoms with Crippen molar-refractivity contribution in [2.45, 2.75) is 76.0 Å². The number of carbonyl (C=O) groups is 2. The molecule has 0 aliphatic carbocycles. The Hall–Kier alpha value is -5.36. The Balaban J connectivity index is 1.29. The molecule has 2 heterocycles. The summed E-state index contributed by atoms with van der Waals surface area (Å²) in [5.41, 5.74) is 4.49. The SMILES string of the molecule is COc1ccc(N2C(=O)[C@H](OC(C)=O)[C@@H]2[C@@H]2O[C@H](COCc3ccccc3)[C@H](OCc3ccccc3)[C@H](OCc3ccccc3)[C@H]2OCc2ccccc2)cc1. The van der Waals surface area contributed by atoms with Crippen LogP contribution in [0.25, 0.3) is 0 Å². The van der Waals surface area contributed by atoms with Crippen molar-refractivity contribution in [2.24, 2.45) is 0 Å². The van der Waals surface area contributed by atoms with Gasteiger partial charge < -0.3 is 33.2 Å². The molecule has 2 aliphatic heterocycles. The van der Waals surface area contributed by atoms with Crippen molar-refractivity contribution < 1.29 is 42.7 Å². The zero-order valence-electron chi connectivity index (χ0n) is 31.6. The van der Waals surface area contributed by atoms with Gasteiger partial charge in [-0.1, -0.05) is 121 Å². The second kappa shape index (κ2) is 19.0. The normalized spacial score (nSPS) is 23.3. The molecule has 5 aromatic rings. The first-order valence-corrected chi connectivity index (χ1v) is 18.9. The standard InChI is InChI=1S/C46H47NO9/c1-32(48)55-43-40(47(46(43)49)37-23-25-38(50-2)26-24-37)42-45(54-30-36-21-13-6-14-22-36)44(53-29-35-19-11-5-12-20-35)41(52-28-34-17-9-4-10-18-34)39(56-42)31-51-27-33-15-7-3-8-16-33/h3-26,39-45H,27-31H2,1-2H3/t39-,40+,41+,42+,43-,44+,45+/m1/s1. The Morgan fingerprint density at radius 3 is 1.55 bits per heavy atom. The van der Waals surface area contributed by atoms with Crippen LogP contribution in [-0.2, 0) is 64.4 Å². The summed E-state index contributed by atoms with van der Waals surface area (Å²) >= 11 is 0. The number of benzene rings is 5. The molecule has 7 atom stereocenters. The second-order valence-electron chi connectivity index (χ2n) is 13.9. The highest BCUT2D eigenvalue weighted by Gasteiger charge is 2.61. The number of β-lactam (4-membered cyclic amide) rings is 1. The fourth-order valence-electron chi connectivity index (χ4n) is 7.24. The largest absolute Gasteiger partial charge is 0.497 e. The summed E-state index contributed by atoms with van der Waals surface area (Å²) in [7, 11) is 1.58. The van der Waals surface area contributed by atoms with Crippen LogP contribution in [0.5, 0.6) is 5.75 Å². The Morgan fingerprint density at radius 2 is 1.07 bits per heavy atom. The number of anilines is 1. The third kappa shape index (κ3) is 9.53. The molecule has 10 nitrogen and oxygen atoms in total. The minimum absolute atomic E-state index is 0.142. The van der Waals surface area contributed by atoms with Crippen molar-refractivity contribution in [3.63, 3.8) is 0 Å². The van der Waals surface area contributed by atoms with E-state index in [0.717, 1.165) is 22.3 Å². The van der Waals surface area contributed by atoms with Crippen LogP contribution >= 0.6 is 0 Å². The molecule has 56 heavy (non-hydrogen) atoms. The van der Waals surface area contributed by atoms with Crippen LogP contribution in [0, 0.1) is 0 Å². The maximum Gasteiger partial charge on any atom is 0.303 e. The topological polar surface area (TPSA) is 102 Å². The van der Waals surface area contributed by atoms with Crippen molar-refractivity contribution in [2.75, 3.05) is 18.6 Å². The Morgan fingerprint density at radius 1 is 0.607 bits per heavy atom. The number of ether oxygens (including phenoxy) is 7. The molecule has 0 aromatic heterocycles. The van der Waals surface area contributed by atoms with Crippen LogP contribution in [0.3, 0.4) is 0 Å². The van der Waals surface area contributed by atoms with Crippen LogP contribution in [0.4, 0.5) is 5.69 Å². The van der Waals surface area contributed by atoms with Gasteiger partial charge in [0.15, 0.2) is 0 Å². The van der Waals surface area contributed by atoms with Crippen molar-refractivity contribution in [3.05, 3.63) is 168 Å². The van der Waals surface area contributed by atoms with E-state index in [4.69, 9.17) is 33.2 Å². The highest BCUT2D eigenvalue weighted by molar-refractivity contribution is 6.06. The van der Waals surface area contributed by atoms with E-state index in [9.17, 15) is 9.59 Å². The van der Waals surface area contributed by atoms with Gasteiger partial charge in [0.2, 0.25) is 6.10 Å². The average Bonchev–Trinajstić information content (AvgIpc) is 3.24. The average molecular weight is 758 g/mol. The molecule has 290 valence electrons. The first-order chi connectivity index (χ1) is 27.5. The summed E-state index contributed by atoms with van der Waals surface area (Å²) in [6.45, 7) is 2.54. The number of hydrogen-bond acceptors (Lipinski definition) is 9. The zero-order valence-corrected chi connectivity index (χ0v) is 31.6. The molecule has 2 fully saturated rings. The molecule has 0 spiro atoms. The molecule has 0 radical (unpaired) electrons. The van der Waals surface area contributed by atoms with E-state index in [1.807, 2.05) is 121 Å². The first kappa shape index (κ1) is 38.9. The number of methoxy groups -OCH3 is 1. The summed E-state index contributed by atoms with van der Waals surface area (Å²) in [6.07, 6.45) is -4.88. The van der Waals surface area contributed by atoms with Gasteiger partial charge in [-0.2, -0.15) is 0 Å². The van der Waals surface area contributed by atoms with Crippen molar-refractivity contribution >= 4 is 17.6 Å². The maximum absolute atomic E-state index is 14.0. The lowest BCUT2D eigenvalue weighted by Gasteiger charge is -2.55. The van der Waals surface area contributed by atoms with Gasteiger partial charge in [0.1, 0.15) is 42.3 Å². The molecule has 2 saturated heterocycles. The van der Waals surface area contributed by atoms with Crippen LogP contribution in [0.15, 0.2) is 146 Å². The Labute approximate surface area is 327 Å². The monoisotopic (exact) mass is 757 g/mol.